The second-order valence-corrected chi connectivity index (χ2v) is 6.46. The number of ether oxygens (including phenoxy) is 1. The molecule has 1 N–H and O–H groups in total. The summed E-state index contributed by atoms with van der Waals surface area (Å²) in [6.07, 6.45) is 6.26. The summed E-state index contributed by atoms with van der Waals surface area (Å²) in [5.74, 6) is 1.08. The highest BCUT2D eigenvalue weighted by Gasteiger charge is 2.21. The Balaban J connectivity index is 1.62. The first-order valence-corrected chi connectivity index (χ1v) is 8.47. The average molecular weight is 288 g/mol. The van der Waals surface area contributed by atoms with Crippen LogP contribution in [0.4, 0.5) is 0 Å². The van der Waals surface area contributed by atoms with Crippen LogP contribution < -0.4 is 10.1 Å². The Kier molecular flexibility index (Phi) is 4.81. The Hall–Kier alpha value is -1.06. The van der Waals surface area contributed by atoms with Crippen molar-refractivity contribution in [1.29, 1.82) is 0 Å². The van der Waals surface area contributed by atoms with Gasteiger partial charge in [-0.15, -0.1) is 0 Å². The summed E-state index contributed by atoms with van der Waals surface area (Å²) in [6.45, 7) is 5.46. The maximum absolute atomic E-state index is 5.61. The summed E-state index contributed by atoms with van der Waals surface area (Å²) in [5.41, 5.74) is 2.79. The number of fused-ring (bicyclic) bond motifs is 1. The summed E-state index contributed by atoms with van der Waals surface area (Å²) in [4.78, 5) is 2.51. The van der Waals surface area contributed by atoms with E-state index in [2.05, 4.69) is 42.4 Å². The molecule has 2 aliphatic rings. The largest absolute Gasteiger partial charge is 0.493 e. The quantitative estimate of drug-likeness (QED) is 0.901. The molecule has 0 aliphatic carbocycles. The van der Waals surface area contributed by atoms with E-state index in [1.807, 2.05) is 0 Å². The van der Waals surface area contributed by atoms with Crippen molar-refractivity contribution in [1.82, 2.24) is 10.2 Å². The van der Waals surface area contributed by atoms with Crippen molar-refractivity contribution < 1.29 is 4.74 Å². The Bertz CT molecular complexity index is 474. The van der Waals surface area contributed by atoms with Crippen molar-refractivity contribution >= 4 is 0 Å². The number of rotatable bonds is 5. The third-order valence-corrected chi connectivity index (χ3v) is 5.05. The van der Waals surface area contributed by atoms with Gasteiger partial charge in [-0.2, -0.15) is 0 Å². The first-order chi connectivity index (χ1) is 10.3. The first kappa shape index (κ1) is 14.9. The van der Waals surface area contributed by atoms with Gasteiger partial charge in [-0.3, -0.25) is 0 Å². The topological polar surface area (TPSA) is 24.5 Å². The van der Waals surface area contributed by atoms with Gasteiger partial charge in [0.05, 0.1) is 6.61 Å². The Morgan fingerprint density at radius 2 is 2.29 bits per heavy atom. The van der Waals surface area contributed by atoms with E-state index in [1.54, 1.807) is 0 Å². The molecule has 1 saturated heterocycles. The van der Waals surface area contributed by atoms with Gasteiger partial charge in [0.1, 0.15) is 5.75 Å². The molecule has 0 radical (unpaired) electrons. The predicted octanol–water partition coefficient (Wildman–Crippen LogP) is 3.15. The van der Waals surface area contributed by atoms with Gasteiger partial charge >= 0.3 is 0 Å². The minimum atomic E-state index is 0.464. The Labute approximate surface area is 128 Å². The molecule has 0 spiro atoms. The van der Waals surface area contributed by atoms with Crippen molar-refractivity contribution in [3.05, 3.63) is 29.3 Å². The van der Waals surface area contributed by atoms with Crippen molar-refractivity contribution in [2.75, 3.05) is 26.7 Å². The molecule has 2 unspecified atom stereocenters. The van der Waals surface area contributed by atoms with Crippen LogP contribution >= 0.6 is 0 Å². The number of benzene rings is 1. The normalized spacial score (nSPS) is 23.6. The highest BCUT2D eigenvalue weighted by molar-refractivity contribution is 5.40. The van der Waals surface area contributed by atoms with Crippen molar-refractivity contribution in [2.24, 2.45) is 0 Å². The zero-order chi connectivity index (χ0) is 14.7. The first-order valence-electron chi connectivity index (χ1n) is 8.47. The number of hydrogen-bond donors (Lipinski definition) is 1. The summed E-state index contributed by atoms with van der Waals surface area (Å²) in [5, 5.41) is 3.79. The molecule has 1 aromatic rings. The van der Waals surface area contributed by atoms with Gasteiger partial charge in [0.15, 0.2) is 0 Å². The van der Waals surface area contributed by atoms with E-state index in [0.29, 0.717) is 12.1 Å². The van der Waals surface area contributed by atoms with E-state index >= 15 is 0 Å². The van der Waals surface area contributed by atoms with Gasteiger partial charge in [0, 0.05) is 25.0 Å². The highest BCUT2D eigenvalue weighted by atomic mass is 16.5. The number of piperidine rings is 1. The lowest BCUT2D eigenvalue weighted by atomic mass is 9.99. The van der Waals surface area contributed by atoms with E-state index < -0.39 is 0 Å². The molecule has 3 heteroatoms. The molecule has 3 rings (SSSR count). The number of hydrogen-bond acceptors (Lipinski definition) is 3. The SMILES string of the molecule is CCC(NCC1CCCCN1C)c1ccc2c(c1)CCO2. The lowest BCUT2D eigenvalue weighted by Crippen LogP contribution is -2.43. The number of likely N-dealkylation sites (tertiary alicyclic amines) is 1. The van der Waals surface area contributed by atoms with Crippen LogP contribution in [0.25, 0.3) is 0 Å². The van der Waals surface area contributed by atoms with Gasteiger partial charge in [-0.05, 0) is 50.0 Å². The van der Waals surface area contributed by atoms with Crippen molar-refractivity contribution in [2.45, 2.75) is 51.1 Å². The Morgan fingerprint density at radius 3 is 3.10 bits per heavy atom. The molecule has 0 aromatic heterocycles. The van der Waals surface area contributed by atoms with Gasteiger partial charge in [-0.1, -0.05) is 25.5 Å². The van der Waals surface area contributed by atoms with E-state index in [0.717, 1.165) is 31.7 Å². The zero-order valence-electron chi connectivity index (χ0n) is 13.4. The molecule has 0 bridgehead atoms. The third-order valence-electron chi connectivity index (χ3n) is 5.05. The van der Waals surface area contributed by atoms with E-state index in [4.69, 9.17) is 4.74 Å². The van der Waals surface area contributed by atoms with Gasteiger partial charge < -0.3 is 15.0 Å². The molecular formula is C18H28N2O. The number of nitrogens with zero attached hydrogens (tertiary/aromatic N) is 1. The minimum Gasteiger partial charge on any atom is -0.493 e. The molecule has 21 heavy (non-hydrogen) atoms. The molecule has 2 atom stereocenters. The summed E-state index contributed by atoms with van der Waals surface area (Å²) in [6, 6.07) is 7.88. The van der Waals surface area contributed by atoms with Crippen LogP contribution in [0.15, 0.2) is 18.2 Å². The minimum absolute atomic E-state index is 0.464. The maximum atomic E-state index is 5.61. The van der Waals surface area contributed by atoms with Crippen molar-refractivity contribution in [3.63, 3.8) is 0 Å². The highest BCUT2D eigenvalue weighted by Crippen LogP contribution is 2.29. The fourth-order valence-electron chi connectivity index (χ4n) is 3.60. The van der Waals surface area contributed by atoms with Gasteiger partial charge in [-0.25, -0.2) is 0 Å². The number of nitrogens with one attached hydrogen (secondary N) is 1. The van der Waals surface area contributed by atoms with E-state index in [9.17, 15) is 0 Å². The van der Waals surface area contributed by atoms with Crippen LogP contribution in [0.2, 0.25) is 0 Å². The van der Waals surface area contributed by atoms with Crippen LogP contribution in [0.1, 0.15) is 49.8 Å². The molecule has 116 valence electrons. The lowest BCUT2D eigenvalue weighted by molar-refractivity contribution is 0.177. The zero-order valence-corrected chi connectivity index (χ0v) is 13.4. The predicted molar refractivity (Wildman–Crippen MR) is 86.9 cm³/mol. The molecular weight excluding hydrogens is 260 g/mol. The fraction of sp³-hybridized carbons (Fsp3) is 0.667. The van der Waals surface area contributed by atoms with Crippen molar-refractivity contribution in [3.8, 4) is 5.75 Å². The molecule has 2 heterocycles. The van der Waals surface area contributed by atoms with Crippen LogP contribution in [-0.4, -0.2) is 37.7 Å². The van der Waals surface area contributed by atoms with Crippen LogP contribution in [0.3, 0.4) is 0 Å². The maximum Gasteiger partial charge on any atom is 0.122 e. The smallest absolute Gasteiger partial charge is 0.122 e. The Morgan fingerprint density at radius 1 is 1.38 bits per heavy atom. The summed E-state index contributed by atoms with van der Waals surface area (Å²) < 4.78 is 5.61. The lowest BCUT2D eigenvalue weighted by Gasteiger charge is -2.34. The van der Waals surface area contributed by atoms with Gasteiger partial charge in [0.25, 0.3) is 0 Å². The van der Waals surface area contributed by atoms with Crippen LogP contribution in [0, 0.1) is 0 Å². The number of likely N-dealkylation sites (N-methyl/N-ethyl adjacent to an activating group) is 1. The fourth-order valence-corrected chi connectivity index (χ4v) is 3.60. The van der Waals surface area contributed by atoms with E-state index in [1.165, 1.54) is 36.9 Å². The summed E-state index contributed by atoms with van der Waals surface area (Å²) >= 11 is 0. The van der Waals surface area contributed by atoms with E-state index in [-0.39, 0.29) is 0 Å². The molecule has 0 saturated carbocycles. The molecule has 1 aromatic carbocycles. The van der Waals surface area contributed by atoms with Crippen LogP contribution in [0.5, 0.6) is 5.75 Å². The molecule has 1 fully saturated rings. The van der Waals surface area contributed by atoms with Crippen LogP contribution in [-0.2, 0) is 6.42 Å². The van der Waals surface area contributed by atoms with Gasteiger partial charge in [0.2, 0.25) is 0 Å². The average Bonchev–Trinajstić information content (AvgIpc) is 2.97. The third kappa shape index (κ3) is 3.41. The monoisotopic (exact) mass is 288 g/mol. The summed E-state index contributed by atoms with van der Waals surface area (Å²) in [7, 11) is 2.26. The second kappa shape index (κ2) is 6.80. The molecule has 2 aliphatic heterocycles. The molecule has 0 amide bonds. The molecule has 3 nitrogen and oxygen atoms in total. The standard InChI is InChI=1S/C18H28N2O/c1-3-17(19-13-16-6-4-5-10-20(16)2)14-7-8-18-15(12-14)9-11-21-18/h7-8,12,16-17,19H,3-6,9-11,13H2,1-2H3. The second-order valence-electron chi connectivity index (χ2n) is 6.46.